The van der Waals surface area contributed by atoms with Gasteiger partial charge in [0.1, 0.15) is 6.04 Å². The molecule has 1 unspecified atom stereocenters. The van der Waals surface area contributed by atoms with Gasteiger partial charge in [-0.3, -0.25) is 10.2 Å². The number of nitrogens with one attached hydrogen (secondary N) is 2. The quantitative estimate of drug-likeness (QED) is 0.616. The highest BCUT2D eigenvalue weighted by Crippen LogP contribution is 2.35. The normalized spacial score (nSPS) is 28.8. The third-order valence-corrected chi connectivity index (χ3v) is 3.81. The maximum absolute atomic E-state index is 12.4. The molecule has 3 rings (SSSR count). The van der Waals surface area contributed by atoms with Crippen LogP contribution in [0.25, 0.3) is 0 Å². The average molecular weight is 273 g/mol. The molecule has 1 saturated heterocycles. The molecule has 0 aromatic carbocycles. The van der Waals surface area contributed by atoms with Gasteiger partial charge in [-0.2, -0.15) is 5.10 Å². The number of carboxylic acids is 1. The number of rotatable bonds is 2. The van der Waals surface area contributed by atoms with Crippen LogP contribution >= 0.6 is 0 Å². The summed E-state index contributed by atoms with van der Waals surface area (Å²) in [4.78, 5) is 22.9. The highest BCUT2D eigenvalue weighted by atomic mass is 16.4. The van der Waals surface area contributed by atoms with Crippen molar-refractivity contribution in [1.82, 2.24) is 10.7 Å². The molecule has 2 heterocycles. The van der Waals surface area contributed by atoms with E-state index in [0.717, 1.165) is 30.2 Å². The third-order valence-electron chi connectivity index (χ3n) is 3.81. The minimum absolute atomic E-state index is 0.0296. The first-order valence-electron chi connectivity index (χ1n) is 6.55. The third kappa shape index (κ3) is 2.18. The van der Waals surface area contributed by atoms with Crippen LogP contribution < -0.4 is 10.7 Å². The molecule has 1 fully saturated rings. The first-order chi connectivity index (χ1) is 9.66. The SMILES string of the molecule is O=C(O)/C=C/C1=CC2=C3CNCCC3C(=O)[C@H]2NN=C1. The lowest BCUT2D eigenvalue weighted by atomic mass is 9.93. The Hall–Kier alpha value is -2.21. The summed E-state index contributed by atoms with van der Waals surface area (Å²) in [6.45, 7) is 1.55. The van der Waals surface area contributed by atoms with Gasteiger partial charge in [-0.25, -0.2) is 4.79 Å². The fourth-order valence-corrected chi connectivity index (χ4v) is 2.89. The Labute approximate surface area is 115 Å². The fraction of sp³-hybridized carbons (Fsp3) is 0.357. The predicted octanol–water partition coefficient (Wildman–Crippen LogP) is -0.000000000000000389. The van der Waals surface area contributed by atoms with Gasteiger partial charge in [0, 0.05) is 18.5 Å². The number of aliphatic carboxylic acids is 1. The van der Waals surface area contributed by atoms with Crippen molar-refractivity contribution in [2.75, 3.05) is 13.1 Å². The molecule has 0 amide bonds. The van der Waals surface area contributed by atoms with Crippen LogP contribution in [0, 0.1) is 5.92 Å². The Morgan fingerprint density at radius 3 is 3.15 bits per heavy atom. The van der Waals surface area contributed by atoms with Crippen molar-refractivity contribution >= 4 is 18.0 Å². The first-order valence-corrected chi connectivity index (χ1v) is 6.55. The van der Waals surface area contributed by atoms with Gasteiger partial charge in [0.2, 0.25) is 0 Å². The summed E-state index contributed by atoms with van der Waals surface area (Å²) in [6, 6.07) is -0.401. The Kier molecular flexibility index (Phi) is 3.23. The zero-order valence-corrected chi connectivity index (χ0v) is 10.8. The van der Waals surface area contributed by atoms with Gasteiger partial charge in [0.15, 0.2) is 5.78 Å². The average Bonchev–Trinajstić information content (AvgIpc) is 2.62. The number of nitrogens with zero attached hydrogens (tertiary/aromatic N) is 1. The van der Waals surface area contributed by atoms with Crippen molar-refractivity contribution in [2.24, 2.45) is 11.0 Å². The van der Waals surface area contributed by atoms with Crippen LogP contribution in [0.2, 0.25) is 0 Å². The Bertz CT molecular complexity index is 586. The molecular weight excluding hydrogens is 258 g/mol. The van der Waals surface area contributed by atoms with Gasteiger partial charge in [0.05, 0.1) is 6.21 Å². The molecule has 2 atom stereocenters. The number of ketones is 1. The number of allylic oxidation sites excluding steroid dienone is 2. The number of Topliss-reactive ketones (excluding diaryl/α,β-unsaturated/α-hetero) is 1. The number of carbonyl (C=O) groups is 2. The van der Waals surface area contributed by atoms with Crippen LogP contribution in [0.1, 0.15) is 6.42 Å². The van der Waals surface area contributed by atoms with E-state index in [0.29, 0.717) is 12.1 Å². The van der Waals surface area contributed by atoms with E-state index in [4.69, 9.17) is 5.11 Å². The molecule has 6 heteroatoms. The van der Waals surface area contributed by atoms with Crippen molar-refractivity contribution in [1.29, 1.82) is 0 Å². The second kappa shape index (κ2) is 5.05. The number of carboxylic acid groups (broad SMARTS) is 1. The predicted molar refractivity (Wildman–Crippen MR) is 73.3 cm³/mol. The summed E-state index contributed by atoms with van der Waals surface area (Å²) in [6.07, 6.45) is 6.75. The van der Waals surface area contributed by atoms with Gasteiger partial charge in [0.25, 0.3) is 0 Å². The molecule has 0 bridgehead atoms. The van der Waals surface area contributed by atoms with Gasteiger partial charge < -0.3 is 10.4 Å². The fourth-order valence-electron chi connectivity index (χ4n) is 2.89. The summed E-state index contributed by atoms with van der Waals surface area (Å²) in [5.41, 5.74) is 5.57. The number of hydrogen-bond donors (Lipinski definition) is 3. The van der Waals surface area contributed by atoms with Crippen LogP contribution in [0.4, 0.5) is 0 Å². The summed E-state index contributed by atoms with van der Waals surface area (Å²) in [7, 11) is 0. The Morgan fingerprint density at radius 1 is 1.50 bits per heavy atom. The minimum atomic E-state index is -1.01. The molecule has 0 aromatic heterocycles. The molecule has 2 aliphatic heterocycles. The topological polar surface area (TPSA) is 90.8 Å². The van der Waals surface area contributed by atoms with Gasteiger partial charge in [-0.05, 0) is 41.8 Å². The van der Waals surface area contributed by atoms with Crippen molar-refractivity contribution < 1.29 is 14.7 Å². The summed E-state index contributed by atoms with van der Waals surface area (Å²) in [5, 5.41) is 16.0. The Balaban J connectivity index is 1.99. The zero-order valence-electron chi connectivity index (χ0n) is 10.8. The van der Waals surface area contributed by atoms with Crippen molar-refractivity contribution in [2.45, 2.75) is 12.5 Å². The molecular formula is C14H15N3O3. The molecule has 0 spiro atoms. The zero-order chi connectivity index (χ0) is 14.1. The van der Waals surface area contributed by atoms with E-state index in [1.54, 1.807) is 0 Å². The van der Waals surface area contributed by atoms with Crippen molar-refractivity contribution in [3.05, 3.63) is 34.9 Å². The van der Waals surface area contributed by atoms with Crippen molar-refractivity contribution in [3.63, 3.8) is 0 Å². The molecule has 3 aliphatic rings. The Morgan fingerprint density at radius 2 is 2.35 bits per heavy atom. The second-order valence-electron chi connectivity index (χ2n) is 5.04. The molecule has 6 nitrogen and oxygen atoms in total. The van der Waals surface area contributed by atoms with Crippen LogP contribution in [-0.4, -0.2) is 42.2 Å². The lowest BCUT2D eigenvalue weighted by molar-refractivity contribution is -0.131. The van der Waals surface area contributed by atoms with E-state index in [1.165, 1.54) is 12.3 Å². The maximum Gasteiger partial charge on any atom is 0.328 e. The standard InChI is InChI=1S/C14H15N3O3/c18-12(19)2-1-8-5-10-11-7-15-4-3-9(11)14(20)13(10)17-16-6-8/h1-2,5-6,9,13,15,17H,3-4,7H2,(H,18,19)/b2-1+/t9?,13-/m0/s1. The van der Waals surface area contributed by atoms with Crippen LogP contribution in [0.3, 0.4) is 0 Å². The van der Waals surface area contributed by atoms with Crippen LogP contribution in [0.5, 0.6) is 0 Å². The van der Waals surface area contributed by atoms with Gasteiger partial charge in [-0.1, -0.05) is 0 Å². The molecule has 0 aromatic rings. The molecule has 1 aliphatic carbocycles. The van der Waals surface area contributed by atoms with Crippen molar-refractivity contribution in [3.8, 4) is 0 Å². The lowest BCUT2D eigenvalue weighted by Crippen LogP contribution is -2.36. The number of fused-ring (bicyclic) bond motifs is 2. The molecule has 20 heavy (non-hydrogen) atoms. The number of hydrogen-bond acceptors (Lipinski definition) is 5. The number of piperidine rings is 1. The summed E-state index contributed by atoms with van der Waals surface area (Å²) in [5.74, 6) is -0.878. The first kappa shape index (κ1) is 12.8. The maximum atomic E-state index is 12.4. The molecule has 0 saturated carbocycles. The molecule has 0 radical (unpaired) electrons. The van der Waals surface area contributed by atoms with Gasteiger partial charge in [-0.15, -0.1) is 0 Å². The van der Waals surface area contributed by atoms with E-state index in [1.807, 2.05) is 6.08 Å². The minimum Gasteiger partial charge on any atom is -0.478 e. The number of hydrazone groups is 1. The van der Waals surface area contributed by atoms with Crippen LogP contribution in [-0.2, 0) is 9.59 Å². The highest BCUT2D eigenvalue weighted by molar-refractivity contribution is 5.98. The lowest BCUT2D eigenvalue weighted by Gasteiger charge is -2.20. The summed E-state index contributed by atoms with van der Waals surface area (Å²) >= 11 is 0. The monoisotopic (exact) mass is 273 g/mol. The summed E-state index contributed by atoms with van der Waals surface area (Å²) < 4.78 is 0. The molecule has 104 valence electrons. The largest absolute Gasteiger partial charge is 0.478 e. The van der Waals surface area contributed by atoms with Gasteiger partial charge >= 0.3 is 5.97 Å². The second-order valence-corrected chi connectivity index (χ2v) is 5.04. The van der Waals surface area contributed by atoms with E-state index >= 15 is 0 Å². The van der Waals surface area contributed by atoms with E-state index in [9.17, 15) is 9.59 Å². The molecule has 3 N–H and O–H groups in total. The number of carbonyl (C=O) groups excluding carboxylic acids is 1. The van der Waals surface area contributed by atoms with E-state index in [2.05, 4.69) is 15.8 Å². The van der Waals surface area contributed by atoms with Crippen LogP contribution in [0.15, 0.2) is 40.0 Å². The van der Waals surface area contributed by atoms with E-state index < -0.39 is 12.0 Å². The smallest absolute Gasteiger partial charge is 0.328 e. The highest BCUT2D eigenvalue weighted by Gasteiger charge is 2.41. The van der Waals surface area contributed by atoms with E-state index in [-0.39, 0.29) is 11.7 Å².